The van der Waals surface area contributed by atoms with Gasteiger partial charge in [0, 0.05) is 6.42 Å². The molecule has 2 rings (SSSR count). The minimum Gasteiger partial charge on any atom is -0.425 e. The molecule has 0 aliphatic carbocycles. The van der Waals surface area contributed by atoms with Gasteiger partial charge in [-0.3, -0.25) is 0 Å². The van der Waals surface area contributed by atoms with Crippen LogP contribution in [-0.4, -0.2) is 19.1 Å². The quantitative estimate of drug-likeness (QED) is 0.532. The van der Waals surface area contributed by atoms with Crippen molar-refractivity contribution in [3.63, 3.8) is 0 Å². The number of hydrogen-bond donors (Lipinski definition) is 1. The monoisotopic (exact) mass is 191 g/mol. The molecule has 0 saturated carbocycles. The van der Waals surface area contributed by atoms with Gasteiger partial charge in [0.1, 0.15) is 11.8 Å². The van der Waals surface area contributed by atoms with Crippen molar-refractivity contribution in [2.75, 3.05) is 7.05 Å². The molecule has 0 spiro atoms. The SMILES string of the molecule is CN[C@H]1Cc2c(C)cccc2OC1=O. The van der Waals surface area contributed by atoms with E-state index in [1.807, 2.05) is 25.1 Å². The highest BCUT2D eigenvalue weighted by atomic mass is 16.5. The summed E-state index contributed by atoms with van der Waals surface area (Å²) >= 11 is 0. The van der Waals surface area contributed by atoms with Crippen LogP contribution in [0.4, 0.5) is 0 Å². The Bertz CT molecular complexity index is 374. The van der Waals surface area contributed by atoms with Gasteiger partial charge in [0.15, 0.2) is 0 Å². The molecule has 1 aliphatic heterocycles. The number of benzene rings is 1. The van der Waals surface area contributed by atoms with Crippen LogP contribution in [0.25, 0.3) is 0 Å². The first-order valence-corrected chi connectivity index (χ1v) is 4.70. The second kappa shape index (κ2) is 3.42. The topological polar surface area (TPSA) is 38.3 Å². The number of rotatable bonds is 1. The average Bonchev–Trinajstić information content (AvgIpc) is 2.17. The Kier molecular flexibility index (Phi) is 2.25. The van der Waals surface area contributed by atoms with Gasteiger partial charge >= 0.3 is 5.97 Å². The molecule has 1 heterocycles. The number of hydrogen-bond acceptors (Lipinski definition) is 3. The third-order valence-electron chi connectivity index (χ3n) is 2.62. The first-order valence-electron chi connectivity index (χ1n) is 4.70. The summed E-state index contributed by atoms with van der Waals surface area (Å²) in [5, 5.41) is 2.95. The maximum atomic E-state index is 11.4. The summed E-state index contributed by atoms with van der Waals surface area (Å²) < 4.78 is 5.21. The van der Waals surface area contributed by atoms with Crippen molar-refractivity contribution in [1.82, 2.24) is 5.32 Å². The van der Waals surface area contributed by atoms with E-state index in [9.17, 15) is 4.79 Å². The van der Waals surface area contributed by atoms with Crippen molar-refractivity contribution in [3.05, 3.63) is 29.3 Å². The Balaban J connectivity index is 2.40. The molecule has 1 atom stereocenters. The number of nitrogens with one attached hydrogen (secondary N) is 1. The fourth-order valence-electron chi connectivity index (χ4n) is 1.72. The van der Waals surface area contributed by atoms with Crippen molar-refractivity contribution >= 4 is 5.97 Å². The molecule has 1 aromatic rings. The molecule has 1 aliphatic rings. The molecule has 0 saturated heterocycles. The fraction of sp³-hybridized carbons (Fsp3) is 0.364. The van der Waals surface area contributed by atoms with E-state index in [1.54, 1.807) is 7.05 Å². The molecule has 0 unspecified atom stereocenters. The molecule has 1 aromatic carbocycles. The molecular weight excluding hydrogens is 178 g/mol. The lowest BCUT2D eigenvalue weighted by Crippen LogP contribution is -2.42. The molecule has 1 N–H and O–H groups in total. The summed E-state index contributed by atoms with van der Waals surface area (Å²) in [7, 11) is 1.77. The Morgan fingerprint density at radius 1 is 1.50 bits per heavy atom. The Morgan fingerprint density at radius 2 is 2.29 bits per heavy atom. The zero-order valence-corrected chi connectivity index (χ0v) is 8.33. The van der Waals surface area contributed by atoms with Crippen LogP contribution in [0, 0.1) is 6.92 Å². The lowest BCUT2D eigenvalue weighted by molar-refractivity contribution is -0.137. The molecule has 0 bridgehead atoms. The molecule has 74 valence electrons. The zero-order valence-electron chi connectivity index (χ0n) is 8.33. The smallest absolute Gasteiger partial charge is 0.328 e. The van der Waals surface area contributed by atoms with Crippen LogP contribution in [0.15, 0.2) is 18.2 Å². The maximum Gasteiger partial charge on any atom is 0.328 e. The van der Waals surface area contributed by atoms with Crippen LogP contribution in [-0.2, 0) is 11.2 Å². The summed E-state index contributed by atoms with van der Waals surface area (Å²) in [6, 6.07) is 5.57. The third kappa shape index (κ3) is 1.40. The van der Waals surface area contributed by atoms with Gasteiger partial charge in [-0.15, -0.1) is 0 Å². The van der Waals surface area contributed by atoms with Gasteiger partial charge in [-0.25, -0.2) is 4.79 Å². The molecule has 0 radical (unpaired) electrons. The lowest BCUT2D eigenvalue weighted by Gasteiger charge is -2.24. The van der Waals surface area contributed by atoms with Crippen molar-refractivity contribution in [2.45, 2.75) is 19.4 Å². The van der Waals surface area contributed by atoms with Gasteiger partial charge in [-0.1, -0.05) is 12.1 Å². The van der Waals surface area contributed by atoms with Crippen LogP contribution in [0.2, 0.25) is 0 Å². The van der Waals surface area contributed by atoms with Crippen LogP contribution >= 0.6 is 0 Å². The summed E-state index contributed by atoms with van der Waals surface area (Å²) in [5.41, 5.74) is 2.31. The predicted molar refractivity (Wildman–Crippen MR) is 53.4 cm³/mol. The van der Waals surface area contributed by atoms with Crippen LogP contribution < -0.4 is 10.1 Å². The summed E-state index contributed by atoms with van der Waals surface area (Å²) in [6.45, 7) is 2.03. The van der Waals surface area contributed by atoms with Gasteiger partial charge in [0.2, 0.25) is 0 Å². The van der Waals surface area contributed by atoms with Crippen molar-refractivity contribution < 1.29 is 9.53 Å². The number of likely N-dealkylation sites (N-methyl/N-ethyl adjacent to an activating group) is 1. The molecule has 14 heavy (non-hydrogen) atoms. The second-order valence-corrected chi connectivity index (χ2v) is 3.52. The van der Waals surface area contributed by atoms with Gasteiger partial charge in [-0.2, -0.15) is 0 Å². The van der Waals surface area contributed by atoms with E-state index >= 15 is 0 Å². The van der Waals surface area contributed by atoms with Gasteiger partial charge in [0.25, 0.3) is 0 Å². The van der Waals surface area contributed by atoms with Crippen LogP contribution in [0.3, 0.4) is 0 Å². The Morgan fingerprint density at radius 3 is 3.00 bits per heavy atom. The Hall–Kier alpha value is -1.35. The van der Waals surface area contributed by atoms with Gasteiger partial charge in [0.05, 0.1) is 0 Å². The summed E-state index contributed by atoms with van der Waals surface area (Å²) in [4.78, 5) is 11.4. The highest BCUT2D eigenvalue weighted by Gasteiger charge is 2.27. The fourth-order valence-corrected chi connectivity index (χ4v) is 1.72. The van der Waals surface area contributed by atoms with E-state index in [1.165, 1.54) is 5.56 Å². The third-order valence-corrected chi connectivity index (χ3v) is 2.62. The van der Waals surface area contributed by atoms with Crippen molar-refractivity contribution in [3.8, 4) is 5.75 Å². The second-order valence-electron chi connectivity index (χ2n) is 3.52. The van der Waals surface area contributed by atoms with Crippen molar-refractivity contribution in [2.24, 2.45) is 0 Å². The minimum atomic E-state index is -0.205. The number of carbonyl (C=O) groups is 1. The highest BCUT2D eigenvalue weighted by Crippen LogP contribution is 2.27. The predicted octanol–water partition coefficient (Wildman–Crippen LogP) is 1.04. The van der Waals surface area contributed by atoms with E-state index in [-0.39, 0.29) is 12.0 Å². The van der Waals surface area contributed by atoms with E-state index in [0.717, 1.165) is 12.0 Å². The summed E-state index contributed by atoms with van der Waals surface area (Å²) in [5.74, 6) is 0.520. The minimum absolute atomic E-state index is 0.189. The van der Waals surface area contributed by atoms with Gasteiger partial charge < -0.3 is 10.1 Å². The number of carbonyl (C=O) groups excluding carboxylic acids is 1. The first-order chi connectivity index (χ1) is 6.72. The Labute approximate surface area is 83.1 Å². The molecular formula is C11H13NO2. The largest absolute Gasteiger partial charge is 0.425 e. The highest BCUT2D eigenvalue weighted by molar-refractivity contribution is 5.81. The lowest BCUT2D eigenvalue weighted by atomic mass is 9.98. The van der Waals surface area contributed by atoms with Crippen LogP contribution in [0.5, 0.6) is 5.75 Å². The summed E-state index contributed by atoms with van der Waals surface area (Å²) in [6.07, 6.45) is 0.720. The number of esters is 1. The van der Waals surface area contributed by atoms with E-state index in [2.05, 4.69) is 5.32 Å². The van der Waals surface area contributed by atoms with Gasteiger partial charge in [-0.05, 0) is 31.2 Å². The maximum absolute atomic E-state index is 11.4. The molecule has 0 amide bonds. The number of fused-ring (bicyclic) bond motifs is 1. The van der Waals surface area contributed by atoms with E-state index in [4.69, 9.17) is 4.74 Å². The molecule has 3 nitrogen and oxygen atoms in total. The van der Waals surface area contributed by atoms with E-state index in [0.29, 0.717) is 5.75 Å². The van der Waals surface area contributed by atoms with E-state index < -0.39 is 0 Å². The number of ether oxygens (including phenoxy) is 1. The van der Waals surface area contributed by atoms with Crippen LogP contribution in [0.1, 0.15) is 11.1 Å². The standard InChI is InChI=1S/C11H13NO2/c1-7-4-3-5-10-8(7)6-9(12-2)11(13)14-10/h3-5,9,12H,6H2,1-2H3/t9-/m0/s1. The number of aryl methyl sites for hydroxylation is 1. The zero-order chi connectivity index (χ0) is 10.1. The molecule has 0 fully saturated rings. The van der Waals surface area contributed by atoms with Crippen molar-refractivity contribution in [1.29, 1.82) is 0 Å². The normalized spacial score (nSPS) is 20.1. The molecule has 0 aromatic heterocycles. The first kappa shape index (κ1) is 9.21. The molecule has 3 heteroatoms. The average molecular weight is 191 g/mol.